The van der Waals surface area contributed by atoms with Gasteiger partial charge in [-0.05, 0) is 26.7 Å². The van der Waals surface area contributed by atoms with Crippen molar-refractivity contribution in [3.63, 3.8) is 0 Å². The Hall–Kier alpha value is -0.590. The van der Waals surface area contributed by atoms with E-state index in [4.69, 9.17) is 5.11 Å². The zero-order valence-electron chi connectivity index (χ0n) is 9.27. The third-order valence-electron chi connectivity index (χ3n) is 1.48. The van der Waals surface area contributed by atoms with Gasteiger partial charge in [-0.1, -0.05) is 0 Å². The molecule has 0 aliphatic rings. The second kappa shape index (κ2) is 7.67. The van der Waals surface area contributed by atoms with E-state index in [0.29, 0.717) is 0 Å². The molecule has 1 amide bonds. The third-order valence-corrected chi connectivity index (χ3v) is 1.48. The van der Waals surface area contributed by atoms with Gasteiger partial charge >= 0.3 is 35.5 Å². The maximum Gasteiger partial charge on any atom is 1.00 e. The number of hydrogen-bond acceptors (Lipinski definition) is 4. The van der Waals surface area contributed by atoms with Gasteiger partial charge in [-0.2, -0.15) is 0 Å². The van der Waals surface area contributed by atoms with Crippen LogP contribution >= 0.6 is 0 Å². The Bertz CT molecular complexity index is 263. The maximum atomic E-state index is 11.2. The summed E-state index contributed by atoms with van der Waals surface area (Å²) in [5, 5.41) is 21.2. The third kappa shape index (κ3) is 7.35. The van der Waals surface area contributed by atoms with E-state index in [1.807, 2.05) is 0 Å². The summed E-state index contributed by atoms with van der Waals surface area (Å²) in [5.74, 6) is -2.17. The summed E-state index contributed by atoms with van der Waals surface area (Å²) < 4.78 is 0. The number of carbonyl (C=O) groups is 2. The molecule has 7 heteroatoms. The van der Waals surface area contributed by atoms with Crippen LogP contribution in [0.5, 0.6) is 0 Å². The van der Waals surface area contributed by atoms with Crippen LogP contribution in [0.15, 0.2) is 4.99 Å². The van der Waals surface area contributed by atoms with Crippen molar-refractivity contribution in [3.05, 3.63) is 0 Å². The molecule has 0 aromatic rings. The van der Waals surface area contributed by atoms with Crippen LogP contribution in [0.4, 0.5) is 0 Å². The van der Waals surface area contributed by atoms with E-state index >= 15 is 0 Å². The first-order chi connectivity index (χ1) is 6.34. The van der Waals surface area contributed by atoms with E-state index in [0.717, 1.165) is 0 Å². The van der Waals surface area contributed by atoms with Crippen LogP contribution in [0.3, 0.4) is 0 Å². The number of carboxylic acid groups (broad SMARTS) is 1. The molecule has 2 atom stereocenters. The summed E-state index contributed by atoms with van der Waals surface area (Å²) in [7, 11) is 0. The molecule has 80 valence electrons. The Kier molecular flexibility index (Phi) is 8.60. The number of nitrogens with zero attached hydrogens (tertiary/aromatic N) is 1. The van der Waals surface area contributed by atoms with Crippen molar-refractivity contribution in [1.29, 1.82) is 0 Å². The average molecular weight is 224 g/mol. The van der Waals surface area contributed by atoms with Gasteiger partial charge in [0, 0.05) is 0 Å². The normalized spacial score (nSPS) is 14.7. The predicted molar refractivity (Wildman–Crippen MR) is 47.8 cm³/mol. The smallest absolute Gasteiger partial charge is 0.862 e. The van der Waals surface area contributed by atoms with Gasteiger partial charge in [0.05, 0.1) is 0 Å². The van der Waals surface area contributed by atoms with Gasteiger partial charge in [0.2, 0.25) is 5.91 Å². The minimum Gasteiger partial charge on any atom is -0.862 e. The Morgan fingerprint density at radius 2 is 1.87 bits per heavy atom. The van der Waals surface area contributed by atoms with Gasteiger partial charge < -0.3 is 15.5 Å². The van der Waals surface area contributed by atoms with Crippen LogP contribution in [0.2, 0.25) is 0 Å². The monoisotopic (exact) mass is 224 g/mol. The Labute approximate surface area is 110 Å². The SMILES string of the molecule is CC([O-])=N[C@@H](C)C(=O)N[C@@H](C)C(=O)O.[Na+]. The number of hydrogen-bond donors (Lipinski definition) is 2. The minimum atomic E-state index is -1.13. The first-order valence-electron chi connectivity index (χ1n) is 4.09. The number of carbonyl (C=O) groups excluding carboxylic acids is 1. The Morgan fingerprint density at radius 3 is 2.20 bits per heavy atom. The first-order valence-corrected chi connectivity index (χ1v) is 4.09. The zero-order chi connectivity index (χ0) is 11.3. The fraction of sp³-hybridized carbons (Fsp3) is 0.625. The molecular formula is C8H13N2NaO4. The largest absolute Gasteiger partial charge is 1.00 e. The van der Waals surface area contributed by atoms with E-state index in [2.05, 4.69) is 10.3 Å². The van der Waals surface area contributed by atoms with Crippen LogP contribution < -0.4 is 40.0 Å². The number of rotatable bonds is 4. The first kappa shape index (κ1) is 16.8. The van der Waals surface area contributed by atoms with Crippen LogP contribution in [-0.4, -0.2) is 35.0 Å². The van der Waals surface area contributed by atoms with Gasteiger partial charge in [-0.25, -0.2) is 0 Å². The molecule has 0 saturated heterocycles. The average Bonchev–Trinajstić information content (AvgIpc) is 2.02. The molecule has 0 bridgehead atoms. The van der Waals surface area contributed by atoms with E-state index in [-0.39, 0.29) is 29.6 Å². The summed E-state index contributed by atoms with van der Waals surface area (Å²) >= 11 is 0. The Morgan fingerprint density at radius 1 is 1.40 bits per heavy atom. The van der Waals surface area contributed by atoms with E-state index in [9.17, 15) is 14.7 Å². The second-order valence-corrected chi connectivity index (χ2v) is 2.89. The summed E-state index contributed by atoms with van der Waals surface area (Å²) in [4.78, 5) is 25.0. The Balaban J connectivity index is 0. The van der Waals surface area contributed by atoms with Crippen LogP contribution in [0.1, 0.15) is 20.8 Å². The van der Waals surface area contributed by atoms with E-state index in [1.165, 1.54) is 20.8 Å². The van der Waals surface area contributed by atoms with Crippen LogP contribution in [0.25, 0.3) is 0 Å². The summed E-state index contributed by atoms with van der Waals surface area (Å²) in [6, 6.07) is -1.83. The van der Waals surface area contributed by atoms with Crippen LogP contribution in [0, 0.1) is 0 Å². The number of nitrogens with one attached hydrogen (secondary N) is 1. The molecule has 2 N–H and O–H groups in total. The number of aliphatic imine (C=N–C) groups is 1. The van der Waals surface area contributed by atoms with Crippen molar-refractivity contribution in [2.75, 3.05) is 0 Å². The summed E-state index contributed by atoms with van der Waals surface area (Å²) in [5.41, 5.74) is 0. The van der Waals surface area contributed by atoms with E-state index in [1.54, 1.807) is 0 Å². The van der Waals surface area contributed by atoms with Gasteiger partial charge in [0.25, 0.3) is 0 Å². The van der Waals surface area contributed by atoms with Gasteiger partial charge in [-0.3, -0.25) is 14.6 Å². The zero-order valence-corrected chi connectivity index (χ0v) is 11.3. The van der Waals surface area contributed by atoms with Gasteiger partial charge in [-0.15, -0.1) is 0 Å². The van der Waals surface area contributed by atoms with Gasteiger partial charge in [0.1, 0.15) is 12.1 Å². The van der Waals surface area contributed by atoms with Crippen molar-refractivity contribution >= 4 is 17.8 Å². The second-order valence-electron chi connectivity index (χ2n) is 2.89. The molecule has 0 spiro atoms. The molecule has 6 nitrogen and oxygen atoms in total. The molecule has 0 rings (SSSR count). The predicted octanol–water partition coefficient (Wildman–Crippen LogP) is -4.25. The molecule has 0 aromatic heterocycles. The molecule has 0 fully saturated rings. The van der Waals surface area contributed by atoms with Crippen molar-refractivity contribution < 1.29 is 49.4 Å². The fourth-order valence-electron chi connectivity index (χ4n) is 0.727. The van der Waals surface area contributed by atoms with Crippen molar-refractivity contribution in [3.8, 4) is 0 Å². The molecule has 0 aromatic carbocycles. The quantitative estimate of drug-likeness (QED) is 0.287. The van der Waals surface area contributed by atoms with Crippen LogP contribution in [-0.2, 0) is 9.59 Å². The standard InChI is InChI=1S/C8H14N2O4.Na/c1-4(9-6(3)11)7(12)10-5(2)8(13)14;/h4-5H,1-3H3,(H,9,11)(H,10,12)(H,13,14);/q;+1/p-1/t4-,5-;/m0./s1. The molecule has 0 aliphatic heterocycles. The molecule has 0 heterocycles. The van der Waals surface area contributed by atoms with Crippen molar-refractivity contribution in [1.82, 2.24) is 5.32 Å². The maximum absolute atomic E-state index is 11.2. The van der Waals surface area contributed by atoms with Crippen molar-refractivity contribution in [2.24, 2.45) is 4.99 Å². The topological polar surface area (TPSA) is 102 Å². The fourth-order valence-corrected chi connectivity index (χ4v) is 0.727. The molecular weight excluding hydrogens is 211 g/mol. The number of amides is 1. The van der Waals surface area contributed by atoms with Crippen molar-refractivity contribution in [2.45, 2.75) is 32.9 Å². The molecule has 0 unspecified atom stereocenters. The molecule has 15 heavy (non-hydrogen) atoms. The van der Waals surface area contributed by atoms with E-state index < -0.39 is 29.9 Å². The number of aliphatic carboxylic acids is 1. The molecule has 0 aliphatic carbocycles. The summed E-state index contributed by atoms with van der Waals surface area (Å²) in [6.45, 7) is 3.98. The molecule has 0 radical (unpaired) electrons. The number of carboxylic acids is 1. The molecule has 0 saturated carbocycles. The summed E-state index contributed by atoms with van der Waals surface area (Å²) in [6.07, 6.45) is 0. The minimum absolute atomic E-state index is 0. The van der Waals surface area contributed by atoms with Gasteiger partial charge in [0.15, 0.2) is 0 Å².